The first kappa shape index (κ1) is 18.2. The Balaban J connectivity index is 2.23. The van der Waals surface area contributed by atoms with Crippen LogP contribution in [0.5, 0.6) is 0 Å². The maximum Gasteiger partial charge on any atom is 0.264 e. The molecule has 0 heterocycles. The van der Waals surface area contributed by atoms with Crippen LogP contribution in [0.3, 0.4) is 0 Å². The van der Waals surface area contributed by atoms with Crippen molar-refractivity contribution < 1.29 is 13.2 Å². The van der Waals surface area contributed by atoms with Crippen molar-refractivity contribution in [3.63, 3.8) is 0 Å². The van der Waals surface area contributed by atoms with Crippen molar-refractivity contribution in [2.75, 3.05) is 0 Å². The van der Waals surface area contributed by atoms with E-state index < -0.39 is 15.9 Å². The monoisotopic (exact) mass is 406 g/mol. The van der Waals surface area contributed by atoms with Gasteiger partial charge in [-0.05, 0) is 54.8 Å². The molecular formula is C17H15BrN2O3S. The van der Waals surface area contributed by atoms with Gasteiger partial charge in [0.25, 0.3) is 10.0 Å². The van der Waals surface area contributed by atoms with Crippen LogP contribution < -0.4 is 4.72 Å². The van der Waals surface area contributed by atoms with E-state index in [2.05, 4.69) is 20.7 Å². The fourth-order valence-electron chi connectivity index (χ4n) is 2.23. The molecule has 2 aromatic rings. The molecule has 0 bridgehead atoms. The molecule has 0 atom stereocenters. The quantitative estimate of drug-likeness (QED) is 0.844. The van der Waals surface area contributed by atoms with Crippen molar-refractivity contribution in [1.82, 2.24) is 4.72 Å². The molecule has 5 nitrogen and oxygen atoms in total. The third kappa shape index (κ3) is 4.22. The van der Waals surface area contributed by atoms with E-state index in [1.54, 1.807) is 19.1 Å². The number of sulfonamides is 1. The first-order chi connectivity index (χ1) is 11.2. The predicted molar refractivity (Wildman–Crippen MR) is 93.8 cm³/mol. The second-order valence-electron chi connectivity index (χ2n) is 5.37. The van der Waals surface area contributed by atoms with E-state index in [-0.39, 0.29) is 16.9 Å². The van der Waals surface area contributed by atoms with Crippen molar-refractivity contribution >= 4 is 31.9 Å². The second kappa shape index (κ2) is 7.16. The number of nitrogens with one attached hydrogen (secondary N) is 1. The molecule has 0 aromatic heterocycles. The van der Waals surface area contributed by atoms with Gasteiger partial charge in [0.05, 0.1) is 22.9 Å². The minimum absolute atomic E-state index is 0.0463. The highest BCUT2D eigenvalue weighted by molar-refractivity contribution is 9.10. The van der Waals surface area contributed by atoms with E-state index in [1.165, 1.54) is 18.2 Å². The Bertz CT molecular complexity index is 947. The van der Waals surface area contributed by atoms with Gasteiger partial charge in [0.2, 0.25) is 5.91 Å². The number of carbonyl (C=O) groups is 1. The minimum Gasteiger partial charge on any atom is -0.274 e. The van der Waals surface area contributed by atoms with Gasteiger partial charge < -0.3 is 0 Å². The average Bonchev–Trinajstić information content (AvgIpc) is 2.50. The molecule has 1 amide bonds. The van der Waals surface area contributed by atoms with Crippen molar-refractivity contribution in [3.05, 3.63) is 63.1 Å². The number of nitrogens with zero attached hydrogens (tertiary/aromatic N) is 1. The molecule has 0 aliphatic heterocycles. The van der Waals surface area contributed by atoms with Gasteiger partial charge in [-0.15, -0.1) is 0 Å². The number of hydrogen-bond acceptors (Lipinski definition) is 4. The molecule has 0 saturated heterocycles. The third-order valence-electron chi connectivity index (χ3n) is 3.51. The number of aryl methyl sites for hydroxylation is 2. The zero-order valence-corrected chi connectivity index (χ0v) is 15.5. The van der Waals surface area contributed by atoms with Crippen LogP contribution in [-0.4, -0.2) is 14.3 Å². The molecule has 0 radical (unpaired) electrons. The van der Waals surface area contributed by atoms with E-state index in [1.807, 2.05) is 19.1 Å². The third-order valence-corrected chi connectivity index (χ3v) is 5.52. The highest BCUT2D eigenvalue weighted by Gasteiger charge is 2.21. The lowest BCUT2D eigenvalue weighted by Gasteiger charge is -2.11. The summed E-state index contributed by atoms with van der Waals surface area (Å²) >= 11 is 3.34. The van der Waals surface area contributed by atoms with Gasteiger partial charge in [-0.25, -0.2) is 13.1 Å². The fourth-order valence-corrected chi connectivity index (χ4v) is 3.96. The molecule has 0 aliphatic rings. The summed E-state index contributed by atoms with van der Waals surface area (Å²) in [6, 6.07) is 11.6. The van der Waals surface area contributed by atoms with Crippen molar-refractivity contribution in [2.24, 2.45) is 0 Å². The van der Waals surface area contributed by atoms with Crippen molar-refractivity contribution in [3.8, 4) is 6.07 Å². The normalized spacial score (nSPS) is 10.9. The summed E-state index contributed by atoms with van der Waals surface area (Å²) in [7, 11) is -4.02. The van der Waals surface area contributed by atoms with Gasteiger partial charge in [0.15, 0.2) is 0 Å². The summed E-state index contributed by atoms with van der Waals surface area (Å²) in [5.74, 6) is -0.623. The Morgan fingerprint density at radius 3 is 2.50 bits per heavy atom. The molecule has 0 aliphatic carbocycles. The summed E-state index contributed by atoms with van der Waals surface area (Å²) in [5, 5.41) is 8.91. The summed E-state index contributed by atoms with van der Waals surface area (Å²) in [4.78, 5) is 12.1. The molecule has 1 N–H and O–H groups in total. The van der Waals surface area contributed by atoms with Crippen LogP contribution in [0.25, 0.3) is 0 Å². The lowest BCUT2D eigenvalue weighted by Crippen LogP contribution is -2.32. The number of benzene rings is 2. The molecule has 7 heteroatoms. The zero-order valence-electron chi connectivity index (χ0n) is 13.1. The van der Waals surface area contributed by atoms with Crippen LogP contribution in [0.1, 0.15) is 22.3 Å². The lowest BCUT2D eigenvalue weighted by molar-refractivity contribution is -0.118. The number of carbonyl (C=O) groups excluding carboxylic acids is 1. The van der Waals surface area contributed by atoms with Gasteiger partial charge in [-0.1, -0.05) is 28.1 Å². The first-order valence-corrected chi connectivity index (χ1v) is 9.32. The Labute approximate surface area is 149 Å². The topological polar surface area (TPSA) is 87.0 Å². The Morgan fingerprint density at radius 1 is 1.17 bits per heavy atom. The summed E-state index contributed by atoms with van der Waals surface area (Å²) < 4.78 is 27.8. The molecule has 0 unspecified atom stereocenters. The van der Waals surface area contributed by atoms with Crippen LogP contribution >= 0.6 is 15.9 Å². The molecule has 2 aromatic carbocycles. The van der Waals surface area contributed by atoms with Crippen LogP contribution in [0, 0.1) is 25.2 Å². The number of halogens is 1. The summed E-state index contributed by atoms with van der Waals surface area (Å²) in [5.41, 5.74) is 2.32. The van der Waals surface area contributed by atoms with E-state index in [9.17, 15) is 13.2 Å². The zero-order chi connectivity index (χ0) is 17.9. The number of nitriles is 1. The maximum atomic E-state index is 12.4. The van der Waals surface area contributed by atoms with Crippen molar-refractivity contribution in [1.29, 1.82) is 5.26 Å². The van der Waals surface area contributed by atoms with E-state index in [0.29, 0.717) is 5.56 Å². The lowest BCUT2D eigenvalue weighted by atomic mass is 10.1. The maximum absolute atomic E-state index is 12.4. The van der Waals surface area contributed by atoms with Gasteiger partial charge in [-0.3, -0.25) is 4.79 Å². The summed E-state index contributed by atoms with van der Waals surface area (Å²) in [6.07, 6.45) is -0.0463. The molecule has 0 spiro atoms. The Hall–Kier alpha value is -2.17. The van der Waals surface area contributed by atoms with Gasteiger partial charge in [0.1, 0.15) is 0 Å². The minimum atomic E-state index is -4.02. The number of rotatable bonds is 4. The van der Waals surface area contributed by atoms with E-state index in [4.69, 9.17) is 5.26 Å². The number of amides is 1. The first-order valence-electron chi connectivity index (χ1n) is 7.04. The predicted octanol–water partition coefficient (Wildman–Crippen LogP) is 2.99. The molecule has 0 saturated carbocycles. The van der Waals surface area contributed by atoms with Gasteiger partial charge in [0, 0.05) is 4.47 Å². The number of hydrogen-bond donors (Lipinski definition) is 1. The smallest absolute Gasteiger partial charge is 0.264 e. The summed E-state index contributed by atoms with van der Waals surface area (Å²) in [6.45, 7) is 3.46. The second-order valence-corrected chi connectivity index (χ2v) is 7.93. The Kier molecular flexibility index (Phi) is 5.42. The average molecular weight is 407 g/mol. The van der Waals surface area contributed by atoms with Gasteiger partial charge >= 0.3 is 0 Å². The van der Waals surface area contributed by atoms with Crippen LogP contribution in [0.15, 0.2) is 45.8 Å². The standard InChI is InChI=1S/C17H15BrN2O3S/c1-11-3-4-13(10-19)8-16(11)24(22,23)20-17(21)9-14-5-6-15(18)7-12(14)2/h3-8H,9H2,1-2H3,(H,20,21). The molecule has 24 heavy (non-hydrogen) atoms. The molecule has 0 fully saturated rings. The highest BCUT2D eigenvalue weighted by Crippen LogP contribution is 2.18. The molecular weight excluding hydrogens is 392 g/mol. The fraction of sp³-hybridized carbons (Fsp3) is 0.176. The SMILES string of the molecule is Cc1cc(Br)ccc1CC(=O)NS(=O)(=O)c1cc(C#N)ccc1C. The Morgan fingerprint density at radius 2 is 1.88 bits per heavy atom. The van der Waals surface area contributed by atoms with Crippen LogP contribution in [-0.2, 0) is 21.2 Å². The van der Waals surface area contributed by atoms with Crippen LogP contribution in [0.2, 0.25) is 0 Å². The van der Waals surface area contributed by atoms with Crippen LogP contribution in [0.4, 0.5) is 0 Å². The highest BCUT2D eigenvalue weighted by atomic mass is 79.9. The molecule has 2 rings (SSSR count). The molecule has 124 valence electrons. The largest absolute Gasteiger partial charge is 0.274 e. The van der Waals surface area contributed by atoms with E-state index in [0.717, 1.165) is 15.6 Å². The van der Waals surface area contributed by atoms with Crippen molar-refractivity contribution in [2.45, 2.75) is 25.2 Å². The van der Waals surface area contributed by atoms with Gasteiger partial charge in [-0.2, -0.15) is 5.26 Å². The van der Waals surface area contributed by atoms with E-state index >= 15 is 0 Å².